The fourth-order valence-corrected chi connectivity index (χ4v) is 3.35. The van der Waals surface area contributed by atoms with Crippen LogP contribution in [0, 0.1) is 12.1 Å². The van der Waals surface area contributed by atoms with Gasteiger partial charge in [-0.15, -0.1) is 54.1 Å². The topological polar surface area (TPSA) is 51.8 Å². The molecule has 0 bridgehead atoms. The number of fused-ring (bicyclic) bond motifs is 3. The van der Waals surface area contributed by atoms with Crippen molar-refractivity contribution in [3.05, 3.63) is 116 Å². The van der Waals surface area contributed by atoms with Gasteiger partial charge >= 0.3 is 0 Å². The van der Waals surface area contributed by atoms with Gasteiger partial charge in [-0.2, -0.15) is 0 Å². The van der Waals surface area contributed by atoms with Gasteiger partial charge in [0.2, 0.25) is 5.71 Å². The number of nitrogens with zero attached hydrogens (tertiary/aromatic N) is 3. The smallest absolute Gasteiger partial charge is 0.216 e. The van der Waals surface area contributed by atoms with Crippen molar-refractivity contribution >= 4 is 22.1 Å². The molecule has 0 fully saturated rings. The Bertz CT molecular complexity index is 1380. The molecule has 4 aromatic heterocycles. The molecule has 0 aliphatic rings. The fourth-order valence-electron chi connectivity index (χ4n) is 3.35. The van der Waals surface area contributed by atoms with Crippen LogP contribution in [-0.2, 0) is 20.1 Å². The van der Waals surface area contributed by atoms with Gasteiger partial charge in [-0.3, -0.25) is 0 Å². The predicted octanol–water partition coefficient (Wildman–Crippen LogP) is 6.39. The first-order valence-electron chi connectivity index (χ1n) is 9.87. The van der Waals surface area contributed by atoms with Crippen molar-refractivity contribution in [2.24, 2.45) is 0 Å². The summed E-state index contributed by atoms with van der Waals surface area (Å²) in [6.45, 7) is 0. The van der Waals surface area contributed by atoms with E-state index >= 15 is 0 Å². The molecule has 4 nitrogen and oxygen atoms in total. The molecule has 0 N–H and O–H groups in total. The second-order valence-corrected chi connectivity index (χ2v) is 6.76. The van der Waals surface area contributed by atoms with Gasteiger partial charge in [0.05, 0.1) is 5.58 Å². The van der Waals surface area contributed by atoms with Crippen LogP contribution in [-0.4, -0.2) is 15.0 Å². The van der Waals surface area contributed by atoms with Crippen LogP contribution in [0.1, 0.15) is 0 Å². The van der Waals surface area contributed by atoms with E-state index in [0.29, 0.717) is 5.71 Å². The van der Waals surface area contributed by atoms with Crippen molar-refractivity contribution in [3.63, 3.8) is 0 Å². The molecule has 0 saturated heterocycles. The minimum Gasteiger partial charge on any atom is -0.486 e. The van der Waals surface area contributed by atoms with Crippen LogP contribution in [0.3, 0.4) is 0 Å². The van der Waals surface area contributed by atoms with Gasteiger partial charge in [0.15, 0.2) is 0 Å². The summed E-state index contributed by atoms with van der Waals surface area (Å²) in [7, 11) is 0. The maximum Gasteiger partial charge on any atom is 0.216 e. The second kappa shape index (κ2) is 10.1. The summed E-state index contributed by atoms with van der Waals surface area (Å²) in [4.78, 5) is 12.8. The monoisotopic (exact) mass is 592 g/mol. The van der Waals surface area contributed by atoms with E-state index in [4.69, 9.17) is 4.42 Å². The summed E-state index contributed by atoms with van der Waals surface area (Å²) >= 11 is 0. The molecule has 0 amide bonds. The predicted molar refractivity (Wildman–Crippen MR) is 122 cm³/mol. The first kappa shape index (κ1) is 21.6. The van der Waals surface area contributed by atoms with Gasteiger partial charge in [0.25, 0.3) is 0 Å². The molecular weight excluding hydrogens is 575 g/mol. The molecule has 0 saturated carbocycles. The van der Waals surface area contributed by atoms with Gasteiger partial charge in [-0.25, -0.2) is 4.98 Å². The molecule has 5 heteroatoms. The number of hydrogen-bond donors (Lipinski definition) is 0. The van der Waals surface area contributed by atoms with Crippen molar-refractivity contribution < 1.29 is 24.5 Å². The van der Waals surface area contributed by atoms with Gasteiger partial charge in [-0.1, -0.05) is 35.2 Å². The van der Waals surface area contributed by atoms with E-state index in [9.17, 15) is 0 Å². The Hall–Kier alpha value is -3.66. The van der Waals surface area contributed by atoms with Gasteiger partial charge in [-0.05, 0) is 35.7 Å². The summed E-state index contributed by atoms with van der Waals surface area (Å²) in [6, 6.07) is 33.6. The maximum absolute atomic E-state index is 5.86. The molecule has 2 aromatic carbocycles. The number of pyridine rings is 3. The second-order valence-electron chi connectivity index (χ2n) is 6.76. The molecule has 6 rings (SSSR count). The van der Waals surface area contributed by atoms with E-state index in [1.165, 1.54) is 0 Å². The van der Waals surface area contributed by atoms with Crippen LogP contribution in [0.4, 0.5) is 0 Å². The van der Waals surface area contributed by atoms with E-state index in [-0.39, 0.29) is 20.1 Å². The number of aromatic nitrogens is 3. The van der Waals surface area contributed by atoms with Crippen LogP contribution >= 0.6 is 0 Å². The molecular formula is C27H17IrN3O-2. The van der Waals surface area contributed by atoms with Crippen molar-refractivity contribution in [1.82, 2.24) is 15.0 Å². The zero-order valence-corrected chi connectivity index (χ0v) is 19.3. The first-order chi connectivity index (χ1) is 15.4. The van der Waals surface area contributed by atoms with Crippen molar-refractivity contribution in [2.75, 3.05) is 0 Å². The zero-order chi connectivity index (χ0) is 20.9. The average molecular weight is 592 g/mol. The van der Waals surface area contributed by atoms with Gasteiger partial charge in [0.1, 0.15) is 0 Å². The molecule has 1 radical (unpaired) electrons. The quantitative estimate of drug-likeness (QED) is 0.219. The van der Waals surface area contributed by atoms with Crippen LogP contribution < -0.4 is 0 Å². The number of rotatable bonds is 2. The number of furan rings is 1. The van der Waals surface area contributed by atoms with Gasteiger partial charge < -0.3 is 14.4 Å². The van der Waals surface area contributed by atoms with E-state index < -0.39 is 0 Å². The van der Waals surface area contributed by atoms with E-state index in [0.717, 1.165) is 38.9 Å². The first-order valence-corrected chi connectivity index (χ1v) is 9.87. The molecule has 0 aliphatic carbocycles. The minimum atomic E-state index is 0. The van der Waals surface area contributed by atoms with Crippen LogP contribution in [0.2, 0.25) is 0 Å². The van der Waals surface area contributed by atoms with Crippen molar-refractivity contribution in [2.45, 2.75) is 0 Å². The molecule has 0 atom stereocenters. The van der Waals surface area contributed by atoms with E-state index in [1.54, 1.807) is 18.6 Å². The summed E-state index contributed by atoms with van der Waals surface area (Å²) in [5, 5.41) is 2.06. The molecule has 6 aromatic rings. The molecule has 0 spiro atoms. The zero-order valence-electron chi connectivity index (χ0n) is 16.9. The maximum atomic E-state index is 5.86. The Morgan fingerprint density at radius 1 is 0.594 bits per heavy atom. The van der Waals surface area contributed by atoms with Crippen molar-refractivity contribution in [1.29, 1.82) is 0 Å². The van der Waals surface area contributed by atoms with Crippen LogP contribution in [0.25, 0.3) is 44.6 Å². The summed E-state index contributed by atoms with van der Waals surface area (Å²) in [6.07, 6.45) is 5.29. The Balaban J connectivity index is 0.000000164. The largest absolute Gasteiger partial charge is 0.486 e. The van der Waals surface area contributed by atoms with Crippen LogP contribution in [0.15, 0.2) is 108 Å². The Labute approximate surface area is 199 Å². The number of hydrogen-bond acceptors (Lipinski definition) is 4. The third-order valence-corrected chi connectivity index (χ3v) is 4.78. The summed E-state index contributed by atoms with van der Waals surface area (Å²) in [5.74, 6) is 0. The third-order valence-electron chi connectivity index (χ3n) is 4.78. The Morgan fingerprint density at radius 2 is 1.34 bits per heavy atom. The number of benzene rings is 2. The summed E-state index contributed by atoms with van der Waals surface area (Å²) in [5.41, 5.74) is 5.17. The molecule has 0 unspecified atom stereocenters. The van der Waals surface area contributed by atoms with Crippen LogP contribution in [0.5, 0.6) is 0 Å². The van der Waals surface area contributed by atoms with Gasteiger partial charge in [0, 0.05) is 44.1 Å². The van der Waals surface area contributed by atoms with Crippen molar-refractivity contribution in [3.8, 4) is 22.5 Å². The fraction of sp³-hybridized carbons (Fsp3) is 0. The SMILES string of the molecule is [Ir].[c-]1ccc2c(oc3ncccc32)c1-c1ccccn1.[c-]1ccccc1-c1ccccn1. The molecule has 0 aliphatic heterocycles. The van der Waals surface area contributed by atoms with E-state index in [1.807, 2.05) is 84.9 Å². The molecule has 32 heavy (non-hydrogen) atoms. The standard InChI is InChI=1S/C16H9N2O.C11H8N.Ir/c1-2-9-17-14(8-1)13-6-3-5-11-12-7-4-10-18-16(12)19-15(11)13;1-2-6-10(7-3-1)11-8-4-5-9-12-11;/h1-5,7-10H;1-6,8-9H;/q2*-1;. The molecule has 4 heterocycles. The minimum absolute atomic E-state index is 0. The average Bonchev–Trinajstić information content (AvgIpc) is 3.25. The summed E-state index contributed by atoms with van der Waals surface area (Å²) < 4.78 is 5.86. The molecule has 157 valence electrons. The van der Waals surface area contributed by atoms with E-state index in [2.05, 4.69) is 27.1 Å². The Morgan fingerprint density at radius 3 is 2.06 bits per heavy atom. The Kier molecular flexibility index (Phi) is 6.81. The normalized spacial score (nSPS) is 10.2. The third kappa shape index (κ3) is 4.49.